The standard InChI is InChI=1S/C119H189N2O18PSi/c1-10-16-22-28-34-37-43-46-63-79-101(134-111(124)86-70-49-40-31-25-19-13-4)91-109(122)120-106(118(128)130-94-98-73-57-52-58-74-98)89-90-107-115(121-110(123)92-102(80-64-47-44-38-35-29-23-17-11-2)135-112(125)87-71-50-41-32-26-20-14-5)117(138-114(127)93-103(81-65-48-45-39-36-30-24-18-12-3)136-113(126)88-72-51-42-33-27-21-15-6)116(139-140(129,131-95-99-75-59-53-60-76-99)132-96-100-77-61-54-62-78-100)108(137-107)97-133-141(119(7,8)9,104-82-66-55-67-83-104)105-84-68-56-69-85-105/h52-62,66-69,73-78,82-85,101-103,106-108,115-117H,10-51,63-65,70-72,79-81,86-97H2,1-9H3,(H,120,122)(H,121,123)/t101-,102-,103-,106+,107+,108-,115+,116-,117-/m1/s1. The van der Waals surface area contributed by atoms with E-state index in [4.69, 9.17) is 46.4 Å². The normalized spacial score (nSPS) is 15.9. The Morgan fingerprint density at radius 3 is 1.01 bits per heavy atom. The monoisotopic (exact) mass is 1990 g/mol. The molecule has 22 heteroatoms. The molecular weight excluding hydrogens is 1800 g/mol. The fourth-order valence-electron chi connectivity index (χ4n) is 19.3. The number of esters is 5. The number of phosphoric ester groups is 1. The molecule has 1 heterocycles. The number of hydrogen-bond donors (Lipinski definition) is 2. The van der Waals surface area contributed by atoms with Gasteiger partial charge in [0.15, 0.2) is 6.10 Å². The van der Waals surface area contributed by atoms with E-state index in [1.807, 2.05) is 127 Å². The number of carbonyl (C=O) groups excluding carboxylic acids is 7. The zero-order valence-electron chi connectivity index (χ0n) is 89.0. The summed E-state index contributed by atoms with van der Waals surface area (Å²) in [6, 6.07) is 44.8. The van der Waals surface area contributed by atoms with E-state index in [1.165, 1.54) is 57.8 Å². The number of carbonyl (C=O) groups is 7. The van der Waals surface area contributed by atoms with Gasteiger partial charge in [0, 0.05) is 19.3 Å². The molecule has 2 N–H and O–H groups in total. The van der Waals surface area contributed by atoms with E-state index in [1.54, 1.807) is 0 Å². The molecule has 792 valence electrons. The second-order valence-corrected chi connectivity index (χ2v) is 46.9. The van der Waals surface area contributed by atoms with Crippen LogP contribution >= 0.6 is 7.82 Å². The number of hydrogen-bond acceptors (Lipinski definition) is 18. The predicted octanol–water partition coefficient (Wildman–Crippen LogP) is 29.8. The summed E-state index contributed by atoms with van der Waals surface area (Å²) in [6.07, 6.45) is 40.4. The number of phosphoric acid groups is 1. The van der Waals surface area contributed by atoms with E-state index in [0.717, 1.165) is 222 Å². The summed E-state index contributed by atoms with van der Waals surface area (Å²) in [6.45, 7) is 18.6. The molecule has 0 aliphatic carbocycles. The lowest BCUT2D eigenvalue weighted by atomic mass is 9.89. The first-order valence-electron chi connectivity index (χ1n) is 56.3. The lowest BCUT2D eigenvalue weighted by Gasteiger charge is -2.49. The molecule has 0 aromatic heterocycles. The second kappa shape index (κ2) is 76.2. The van der Waals surface area contributed by atoms with Gasteiger partial charge < -0.3 is 43.5 Å². The summed E-state index contributed by atoms with van der Waals surface area (Å²) >= 11 is 0. The van der Waals surface area contributed by atoms with E-state index < -0.39 is 118 Å². The number of rotatable bonds is 85. The maximum Gasteiger partial charge on any atom is 0.475 e. The first-order chi connectivity index (χ1) is 68.7. The fraction of sp³-hybridized carbons (Fsp3) is 0.689. The van der Waals surface area contributed by atoms with Crippen molar-refractivity contribution in [3.05, 3.63) is 168 Å². The molecule has 2 amide bonds. The maximum absolute atomic E-state index is 16.9. The Hall–Kier alpha value is -7.36. The molecule has 0 bridgehead atoms. The predicted molar refractivity (Wildman–Crippen MR) is 573 cm³/mol. The number of unbranched alkanes of at least 4 members (excludes halogenated alkanes) is 42. The van der Waals surface area contributed by atoms with Gasteiger partial charge in [0.1, 0.15) is 43.2 Å². The third-order valence-corrected chi connectivity index (χ3v) is 33.9. The van der Waals surface area contributed by atoms with E-state index in [0.29, 0.717) is 74.5 Å². The number of ether oxygens (including phenoxy) is 6. The van der Waals surface area contributed by atoms with Crippen LogP contribution in [0.1, 0.15) is 458 Å². The molecule has 1 aliphatic heterocycles. The zero-order valence-corrected chi connectivity index (χ0v) is 90.9. The zero-order chi connectivity index (χ0) is 101. The van der Waals surface area contributed by atoms with Crippen molar-refractivity contribution in [1.29, 1.82) is 0 Å². The summed E-state index contributed by atoms with van der Waals surface area (Å²) in [4.78, 5) is 107. The molecule has 0 radical (unpaired) electrons. The van der Waals surface area contributed by atoms with Crippen LogP contribution in [0.15, 0.2) is 152 Å². The van der Waals surface area contributed by atoms with Gasteiger partial charge in [-0.2, -0.15) is 0 Å². The highest BCUT2D eigenvalue weighted by Gasteiger charge is 2.56. The van der Waals surface area contributed by atoms with Crippen molar-refractivity contribution in [3.63, 3.8) is 0 Å². The van der Waals surface area contributed by atoms with Gasteiger partial charge in [0.05, 0.1) is 51.2 Å². The van der Waals surface area contributed by atoms with E-state index in [-0.39, 0.29) is 77.3 Å². The van der Waals surface area contributed by atoms with Gasteiger partial charge in [-0.25, -0.2) is 9.36 Å². The van der Waals surface area contributed by atoms with Crippen molar-refractivity contribution in [1.82, 2.24) is 10.6 Å². The van der Waals surface area contributed by atoms with Gasteiger partial charge in [0.2, 0.25) is 11.8 Å². The van der Waals surface area contributed by atoms with Crippen LogP contribution in [0.5, 0.6) is 0 Å². The summed E-state index contributed by atoms with van der Waals surface area (Å²) in [7, 11) is -8.72. The second-order valence-electron chi connectivity index (χ2n) is 41.0. The maximum atomic E-state index is 16.9. The lowest BCUT2D eigenvalue weighted by molar-refractivity contribution is -0.210. The van der Waals surface area contributed by atoms with Crippen LogP contribution in [-0.4, -0.2) is 111 Å². The average molecular weight is 1990 g/mol. The first-order valence-corrected chi connectivity index (χ1v) is 59.7. The van der Waals surface area contributed by atoms with Gasteiger partial charge in [-0.15, -0.1) is 0 Å². The lowest BCUT2D eigenvalue weighted by Crippen LogP contribution is -2.69. The van der Waals surface area contributed by atoms with Crippen LogP contribution in [0.4, 0.5) is 0 Å². The Morgan fingerprint density at radius 2 is 0.667 bits per heavy atom. The van der Waals surface area contributed by atoms with Crippen molar-refractivity contribution >= 4 is 68.2 Å². The van der Waals surface area contributed by atoms with Gasteiger partial charge in [-0.05, 0) is 103 Å². The molecule has 1 fully saturated rings. The molecule has 1 saturated heterocycles. The van der Waals surface area contributed by atoms with E-state index in [2.05, 4.69) is 97.2 Å². The van der Waals surface area contributed by atoms with Crippen LogP contribution in [-0.2, 0) is 104 Å². The quantitative estimate of drug-likeness (QED) is 0.0121. The van der Waals surface area contributed by atoms with Crippen LogP contribution in [0, 0.1) is 0 Å². The average Bonchev–Trinajstić information content (AvgIpc) is 0.740. The highest BCUT2D eigenvalue weighted by molar-refractivity contribution is 7.48. The van der Waals surface area contributed by atoms with E-state index in [9.17, 15) is 14.4 Å². The number of nitrogens with one attached hydrogen (secondary N) is 2. The smallest absolute Gasteiger partial charge is 0.462 e. The molecule has 20 nitrogen and oxygen atoms in total. The number of benzene rings is 5. The Bertz CT molecular complexity index is 4000. The minimum Gasteiger partial charge on any atom is -0.462 e. The van der Waals surface area contributed by atoms with Crippen molar-refractivity contribution in [2.45, 2.75) is 521 Å². The molecule has 1 aliphatic rings. The van der Waals surface area contributed by atoms with Crippen LogP contribution in [0.3, 0.4) is 0 Å². The molecule has 5 aromatic rings. The first kappa shape index (κ1) is 122. The fourth-order valence-corrected chi connectivity index (χ4v) is 25.2. The van der Waals surface area contributed by atoms with Crippen molar-refractivity contribution in [2.75, 3.05) is 6.61 Å². The molecule has 0 unspecified atom stereocenters. The molecule has 5 aromatic carbocycles. The van der Waals surface area contributed by atoms with Crippen molar-refractivity contribution in [3.8, 4) is 0 Å². The van der Waals surface area contributed by atoms with Crippen molar-refractivity contribution in [2.24, 2.45) is 0 Å². The molecule has 141 heavy (non-hydrogen) atoms. The van der Waals surface area contributed by atoms with E-state index >= 15 is 23.7 Å². The molecule has 0 saturated carbocycles. The van der Waals surface area contributed by atoms with Gasteiger partial charge in [-0.3, -0.25) is 42.3 Å². The van der Waals surface area contributed by atoms with Crippen LogP contribution in [0.2, 0.25) is 5.04 Å². The summed E-state index contributed by atoms with van der Waals surface area (Å²) in [5, 5.41) is 7.61. The van der Waals surface area contributed by atoms with Gasteiger partial charge in [-0.1, -0.05) is 484 Å². The summed E-state index contributed by atoms with van der Waals surface area (Å²) in [5.41, 5.74) is 1.95. The molecular formula is C119H189N2O18PSi. The van der Waals surface area contributed by atoms with Crippen molar-refractivity contribution < 1.29 is 84.5 Å². The largest absolute Gasteiger partial charge is 0.475 e. The third kappa shape index (κ3) is 53.0. The number of amides is 2. The highest BCUT2D eigenvalue weighted by Crippen LogP contribution is 2.54. The van der Waals surface area contributed by atoms with Crippen LogP contribution in [0.25, 0.3) is 0 Å². The topological polar surface area (TPSA) is 253 Å². The SMILES string of the molecule is CCCCCCCCCCC[C@H](CC(=O)N[C@@H]1[C@@H](OC(=O)C[C@@H](CCCCCCCCCCC)OC(=O)CCCCCCCCC)[C@H](OP(=O)(OCc2ccccc2)OCc2ccccc2)[C@@H](CO[Si](c2ccccc2)(c2ccccc2)C(C)(C)C)O[C@H]1CC[C@H](NC(=O)C[C@@H](CCCCCCCCCCC)OC(=O)CCCCCCCCC)C(=O)OCc1ccccc1)OC(=O)CCCCCCCCC. The summed E-state index contributed by atoms with van der Waals surface area (Å²) < 4.78 is 86.0. The molecule has 9 atom stereocenters. The van der Waals surface area contributed by atoms with Crippen LogP contribution < -0.4 is 21.0 Å². The Kier molecular flexibility index (Phi) is 66.1. The third-order valence-electron chi connectivity index (χ3n) is 27.5. The van der Waals surface area contributed by atoms with Gasteiger partial charge in [0.25, 0.3) is 8.32 Å². The summed E-state index contributed by atoms with van der Waals surface area (Å²) in [5.74, 6) is -4.02. The molecule has 6 rings (SSSR count). The Labute approximate surface area is 854 Å². The Balaban J connectivity index is 1.62. The van der Waals surface area contributed by atoms with Gasteiger partial charge >= 0.3 is 37.7 Å². The molecule has 0 spiro atoms. The Morgan fingerprint density at radius 1 is 0.355 bits per heavy atom. The minimum atomic E-state index is -5.06. The minimum absolute atomic E-state index is 0.152. The highest BCUT2D eigenvalue weighted by atomic mass is 31.2.